The lowest BCUT2D eigenvalue weighted by atomic mass is 10.1. The van der Waals surface area contributed by atoms with Crippen LogP contribution in [-0.2, 0) is 29.9 Å². The first-order chi connectivity index (χ1) is 8.50. The van der Waals surface area contributed by atoms with E-state index in [-0.39, 0.29) is 11.8 Å². The van der Waals surface area contributed by atoms with Crippen LogP contribution in [0.5, 0.6) is 0 Å². The van der Waals surface area contributed by atoms with Crippen molar-refractivity contribution in [2.45, 2.75) is 38.8 Å². The van der Waals surface area contributed by atoms with E-state index in [4.69, 9.17) is 0 Å². The van der Waals surface area contributed by atoms with E-state index in [1.54, 1.807) is 0 Å². The third-order valence-electron chi connectivity index (χ3n) is 3.37. The summed E-state index contributed by atoms with van der Waals surface area (Å²) in [6.07, 6.45) is 4.62. The van der Waals surface area contributed by atoms with Gasteiger partial charge in [-0.05, 0) is 19.3 Å². The van der Waals surface area contributed by atoms with E-state index in [1.807, 2.05) is 17.9 Å². The van der Waals surface area contributed by atoms with Crippen molar-refractivity contribution in [1.82, 2.24) is 15.1 Å². The van der Waals surface area contributed by atoms with Crippen molar-refractivity contribution in [3.05, 3.63) is 17.5 Å². The van der Waals surface area contributed by atoms with Gasteiger partial charge in [0.25, 0.3) is 0 Å². The van der Waals surface area contributed by atoms with Crippen LogP contribution in [-0.4, -0.2) is 35.7 Å². The second-order valence-corrected chi connectivity index (χ2v) is 7.19. The maximum absolute atomic E-state index is 11.5. The molecule has 1 atom stereocenters. The fourth-order valence-corrected chi connectivity index (χ4v) is 4.14. The molecule has 0 spiro atoms. The largest absolute Gasteiger partial charge is 0.309 e. The van der Waals surface area contributed by atoms with E-state index in [0.717, 1.165) is 25.0 Å². The second-order valence-electron chi connectivity index (χ2n) is 4.96. The molecular weight excluding hydrogens is 250 g/mol. The van der Waals surface area contributed by atoms with Gasteiger partial charge in [0.15, 0.2) is 9.84 Å². The minimum Gasteiger partial charge on any atom is -0.309 e. The van der Waals surface area contributed by atoms with Gasteiger partial charge in [0.05, 0.1) is 17.2 Å². The van der Waals surface area contributed by atoms with Crippen LogP contribution in [0.15, 0.2) is 6.20 Å². The first kappa shape index (κ1) is 13.5. The lowest BCUT2D eigenvalue weighted by Gasteiger charge is -2.23. The van der Waals surface area contributed by atoms with E-state index >= 15 is 0 Å². The number of aryl methyl sites for hydroxylation is 2. The Morgan fingerprint density at radius 1 is 1.56 bits per heavy atom. The molecule has 0 bridgehead atoms. The molecule has 1 saturated heterocycles. The van der Waals surface area contributed by atoms with E-state index in [2.05, 4.69) is 17.3 Å². The zero-order valence-electron chi connectivity index (χ0n) is 11.0. The zero-order chi connectivity index (χ0) is 13.2. The molecule has 1 aliphatic heterocycles. The minimum atomic E-state index is -2.83. The number of hydrogen-bond donors (Lipinski definition) is 1. The van der Waals surface area contributed by atoms with Crippen LogP contribution in [0.4, 0.5) is 0 Å². The summed E-state index contributed by atoms with van der Waals surface area (Å²) in [5, 5.41) is 7.73. The Bertz CT molecular complexity index is 507. The van der Waals surface area contributed by atoms with Crippen LogP contribution in [0.2, 0.25) is 0 Å². The predicted octanol–water partition coefficient (Wildman–Crippen LogP) is 0.649. The third kappa shape index (κ3) is 3.32. The van der Waals surface area contributed by atoms with Gasteiger partial charge in [0.2, 0.25) is 0 Å². The lowest BCUT2D eigenvalue weighted by Crippen LogP contribution is -2.39. The number of aromatic nitrogens is 2. The smallest absolute Gasteiger partial charge is 0.151 e. The van der Waals surface area contributed by atoms with Crippen molar-refractivity contribution in [1.29, 1.82) is 0 Å². The fraction of sp³-hybridized carbons (Fsp3) is 0.750. The maximum atomic E-state index is 11.5. The Hall–Kier alpha value is -0.880. The molecule has 0 radical (unpaired) electrons. The average Bonchev–Trinajstić information content (AvgIpc) is 2.66. The van der Waals surface area contributed by atoms with E-state index in [9.17, 15) is 8.42 Å². The van der Waals surface area contributed by atoms with Gasteiger partial charge in [-0.2, -0.15) is 5.10 Å². The average molecular weight is 271 g/mol. The van der Waals surface area contributed by atoms with E-state index in [0.29, 0.717) is 12.3 Å². The maximum Gasteiger partial charge on any atom is 0.151 e. The number of nitrogens with zero attached hydrogens (tertiary/aromatic N) is 2. The highest BCUT2D eigenvalue weighted by molar-refractivity contribution is 7.91. The Morgan fingerprint density at radius 3 is 3.00 bits per heavy atom. The van der Waals surface area contributed by atoms with E-state index in [1.165, 1.54) is 5.56 Å². The third-order valence-corrected chi connectivity index (χ3v) is 5.19. The summed E-state index contributed by atoms with van der Waals surface area (Å²) in [5.41, 5.74) is 2.26. The molecule has 5 nitrogen and oxygen atoms in total. The van der Waals surface area contributed by atoms with Crippen LogP contribution in [0, 0.1) is 0 Å². The number of hydrogen-bond acceptors (Lipinski definition) is 4. The van der Waals surface area contributed by atoms with Crippen LogP contribution in [0.3, 0.4) is 0 Å². The van der Waals surface area contributed by atoms with Crippen LogP contribution in [0.1, 0.15) is 31.0 Å². The monoisotopic (exact) mass is 271 g/mol. The van der Waals surface area contributed by atoms with Gasteiger partial charge in [-0.15, -0.1) is 0 Å². The number of rotatable bonds is 4. The topological polar surface area (TPSA) is 64.0 Å². The van der Waals surface area contributed by atoms with Crippen LogP contribution >= 0.6 is 0 Å². The summed E-state index contributed by atoms with van der Waals surface area (Å²) in [7, 11) is -0.920. The van der Waals surface area contributed by atoms with Gasteiger partial charge < -0.3 is 5.32 Å². The van der Waals surface area contributed by atoms with Gasteiger partial charge in [-0.3, -0.25) is 4.68 Å². The highest BCUT2D eigenvalue weighted by atomic mass is 32.2. The molecule has 2 heterocycles. The minimum absolute atomic E-state index is 0.0914. The molecule has 1 aromatic rings. The number of nitrogens with one attached hydrogen (secondary N) is 1. The number of sulfone groups is 1. The molecule has 0 aliphatic carbocycles. The SMILES string of the molecule is CCc1nn(C)cc1CNC1CCCS(=O)(=O)C1. The molecule has 1 unspecified atom stereocenters. The Balaban J connectivity index is 1.95. The Labute approximate surface area is 108 Å². The predicted molar refractivity (Wildman–Crippen MR) is 71.1 cm³/mol. The Kier molecular flexibility index (Phi) is 4.07. The summed E-state index contributed by atoms with van der Waals surface area (Å²) in [4.78, 5) is 0. The lowest BCUT2D eigenvalue weighted by molar-refractivity contribution is 0.479. The molecule has 6 heteroatoms. The summed E-state index contributed by atoms with van der Waals surface area (Å²) in [6.45, 7) is 2.79. The molecule has 1 aliphatic rings. The van der Waals surface area contributed by atoms with Gasteiger partial charge in [0.1, 0.15) is 0 Å². The molecule has 1 N–H and O–H groups in total. The van der Waals surface area contributed by atoms with Crippen molar-refractivity contribution < 1.29 is 8.42 Å². The van der Waals surface area contributed by atoms with Crippen LogP contribution in [0.25, 0.3) is 0 Å². The molecule has 1 fully saturated rings. The fourth-order valence-electron chi connectivity index (χ4n) is 2.47. The van der Waals surface area contributed by atoms with Crippen molar-refractivity contribution in [3.8, 4) is 0 Å². The highest BCUT2D eigenvalue weighted by Gasteiger charge is 2.24. The molecule has 102 valence electrons. The molecule has 0 saturated carbocycles. The van der Waals surface area contributed by atoms with Crippen molar-refractivity contribution >= 4 is 9.84 Å². The van der Waals surface area contributed by atoms with Crippen LogP contribution < -0.4 is 5.32 Å². The molecule has 18 heavy (non-hydrogen) atoms. The van der Waals surface area contributed by atoms with Gasteiger partial charge >= 0.3 is 0 Å². The molecule has 2 rings (SSSR count). The standard InChI is InChI=1S/C12H21N3O2S/c1-3-12-10(8-15(2)14-12)7-13-11-5-4-6-18(16,17)9-11/h8,11,13H,3-7,9H2,1-2H3. The van der Waals surface area contributed by atoms with Crippen molar-refractivity contribution in [2.75, 3.05) is 11.5 Å². The van der Waals surface area contributed by atoms with Gasteiger partial charge in [-0.1, -0.05) is 6.92 Å². The van der Waals surface area contributed by atoms with Gasteiger partial charge in [0, 0.05) is 31.4 Å². The van der Waals surface area contributed by atoms with Crippen molar-refractivity contribution in [3.63, 3.8) is 0 Å². The molecule has 0 amide bonds. The van der Waals surface area contributed by atoms with E-state index < -0.39 is 9.84 Å². The normalized spacial score (nSPS) is 23.1. The summed E-state index contributed by atoms with van der Waals surface area (Å²) in [6, 6.07) is 0.0914. The molecule has 1 aromatic heterocycles. The first-order valence-corrected chi connectivity index (χ1v) is 8.27. The van der Waals surface area contributed by atoms with Gasteiger partial charge in [-0.25, -0.2) is 8.42 Å². The molecule has 0 aromatic carbocycles. The summed E-state index contributed by atoms with van der Waals surface area (Å²) < 4.78 is 24.9. The zero-order valence-corrected chi connectivity index (χ0v) is 11.8. The summed E-state index contributed by atoms with van der Waals surface area (Å²) >= 11 is 0. The Morgan fingerprint density at radius 2 is 2.33 bits per heavy atom. The van der Waals surface area contributed by atoms with Crippen molar-refractivity contribution in [2.24, 2.45) is 7.05 Å². The first-order valence-electron chi connectivity index (χ1n) is 6.45. The quantitative estimate of drug-likeness (QED) is 0.873. The second kappa shape index (κ2) is 5.40. The molecular formula is C12H21N3O2S. The summed E-state index contributed by atoms with van der Waals surface area (Å²) in [5.74, 6) is 0.618. The highest BCUT2D eigenvalue weighted by Crippen LogP contribution is 2.13.